The van der Waals surface area contributed by atoms with Crippen LogP contribution in [-0.4, -0.2) is 25.7 Å². The zero-order chi connectivity index (χ0) is 12.4. The minimum absolute atomic E-state index is 0.00991. The predicted molar refractivity (Wildman–Crippen MR) is 67.8 cm³/mol. The number of rotatable bonds is 3. The van der Waals surface area contributed by atoms with E-state index in [0.29, 0.717) is 5.25 Å². The summed E-state index contributed by atoms with van der Waals surface area (Å²) >= 11 is 1.80. The molecule has 1 saturated carbocycles. The molecule has 1 fully saturated rings. The van der Waals surface area contributed by atoms with Gasteiger partial charge in [-0.15, -0.1) is 0 Å². The van der Waals surface area contributed by atoms with Gasteiger partial charge in [0, 0.05) is 5.25 Å². The number of hydrogen-bond donors (Lipinski definition) is 2. The maximum Gasteiger partial charge on any atom is 0.331 e. The zero-order valence-corrected chi connectivity index (χ0v) is 10.5. The van der Waals surface area contributed by atoms with Crippen LogP contribution in [0.1, 0.15) is 32.2 Å². The van der Waals surface area contributed by atoms with Crippen molar-refractivity contribution in [1.29, 1.82) is 0 Å². The van der Waals surface area contributed by atoms with Gasteiger partial charge in [0.15, 0.2) is 0 Å². The van der Waals surface area contributed by atoms with E-state index in [4.69, 9.17) is 0 Å². The van der Waals surface area contributed by atoms with Crippen molar-refractivity contribution in [3.8, 4) is 5.88 Å². The van der Waals surface area contributed by atoms with Crippen molar-refractivity contribution in [3.63, 3.8) is 0 Å². The van der Waals surface area contributed by atoms with Gasteiger partial charge >= 0.3 is 5.69 Å². The maximum absolute atomic E-state index is 11.7. The van der Waals surface area contributed by atoms with Crippen LogP contribution in [-0.2, 0) is 0 Å². The Balaban J connectivity index is 2.40. The van der Waals surface area contributed by atoms with Crippen molar-refractivity contribution in [2.24, 2.45) is 0 Å². The van der Waals surface area contributed by atoms with Crippen molar-refractivity contribution < 1.29 is 5.11 Å². The molecule has 1 aromatic rings. The second-order valence-corrected chi connectivity index (χ2v) is 5.68. The molecule has 94 valence electrons. The molecule has 0 amide bonds. The topological polar surface area (TPSA) is 75.1 Å². The number of aromatic hydroxyl groups is 1. The smallest absolute Gasteiger partial charge is 0.331 e. The number of nitrogens with one attached hydrogen (secondary N) is 1. The fourth-order valence-corrected chi connectivity index (χ4v) is 3.66. The molecular formula is C11H16N2O3S. The van der Waals surface area contributed by atoms with E-state index in [9.17, 15) is 14.7 Å². The molecule has 0 aromatic carbocycles. The van der Waals surface area contributed by atoms with Crippen LogP contribution in [0.15, 0.2) is 15.7 Å². The van der Waals surface area contributed by atoms with Crippen LogP contribution >= 0.6 is 11.8 Å². The van der Waals surface area contributed by atoms with Crippen LogP contribution in [0.3, 0.4) is 0 Å². The van der Waals surface area contributed by atoms with Gasteiger partial charge in [-0.3, -0.25) is 14.3 Å². The first-order chi connectivity index (χ1) is 8.13. The fourth-order valence-electron chi connectivity index (χ4n) is 2.42. The molecule has 1 aliphatic rings. The first kappa shape index (κ1) is 12.3. The summed E-state index contributed by atoms with van der Waals surface area (Å²) in [6.45, 7) is 2.08. The van der Waals surface area contributed by atoms with Gasteiger partial charge in [-0.1, -0.05) is 13.3 Å². The lowest BCUT2D eigenvalue weighted by atomic mass is 10.2. The van der Waals surface area contributed by atoms with Crippen molar-refractivity contribution in [2.45, 2.75) is 37.5 Å². The Morgan fingerprint density at radius 2 is 2.29 bits per heavy atom. The summed E-state index contributed by atoms with van der Waals surface area (Å²) in [7, 11) is 0. The van der Waals surface area contributed by atoms with E-state index >= 15 is 0 Å². The van der Waals surface area contributed by atoms with Gasteiger partial charge in [0.25, 0.3) is 5.56 Å². The van der Waals surface area contributed by atoms with Gasteiger partial charge in [-0.25, -0.2) is 4.79 Å². The van der Waals surface area contributed by atoms with E-state index in [1.54, 1.807) is 11.8 Å². The largest absolute Gasteiger partial charge is 0.494 e. The molecule has 0 radical (unpaired) electrons. The number of H-pyrrole nitrogens is 1. The molecule has 0 saturated heterocycles. The molecule has 0 spiro atoms. The minimum Gasteiger partial charge on any atom is -0.494 e. The van der Waals surface area contributed by atoms with E-state index in [1.807, 2.05) is 0 Å². The summed E-state index contributed by atoms with van der Waals surface area (Å²) in [4.78, 5) is 25.0. The predicted octanol–water partition coefficient (Wildman–Crippen LogP) is 1.09. The monoisotopic (exact) mass is 256 g/mol. The number of aromatic amines is 1. The maximum atomic E-state index is 11.7. The molecule has 1 heterocycles. The second-order valence-electron chi connectivity index (χ2n) is 4.16. The molecule has 17 heavy (non-hydrogen) atoms. The number of nitrogens with zero attached hydrogens (tertiary/aromatic N) is 1. The highest BCUT2D eigenvalue weighted by atomic mass is 32.2. The van der Waals surface area contributed by atoms with Crippen LogP contribution in [0.2, 0.25) is 0 Å². The summed E-state index contributed by atoms with van der Waals surface area (Å²) in [6, 6.07) is 1.05. The highest BCUT2D eigenvalue weighted by Crippen LogP contribution is 2.38. The van der Waals surface area contributed by atoms with Crippen LogP contribution in [0, 0.1) is 0 Å². The lowest BCUT2D eigenvalue weighted by molar-refractivity contribution is 0.366. The molecule has 2 rings (SSSR count). The Kier molecular flexibility index (Phi) is 3.61. The van der Waals surface area contributed by atoms with Crippen molar-refractivity contribution in [1.82, 2.24) is 9.55 Å². The van der Waals surface area contributed by atoms with Crippen LogP contribution < -0.4 is 11.2 Å². The Hall–Kier alpha value is -1.17. The van der Waals surface area contributed by atoms with Crippen molar-refractivity contribution >= 4 is 11.8 Å². The highest BCUT2D eigenvalue weighted by Gasteiger charge is 2.30. The van der Waals surface area contributed by atoms with Gasteiger partial charge in [-0.05, 0) is 18.6 Å². The normalized spacial score (nSPS) is 24.1. The molecule has 1 aromatic heterocycles. The fraction of sp³-hybridized carbons (Fsp3) is 0.636. The number of thioether (sulfide) groups is 1. The quantitative estimate of drug-likeness (QED) is 0.849. The third kappa shape index (κ3) is 2.41. The van der Waals surface area contributed by atoms with E-state index in [2.05, 4.69) is 11.9 Å². The molecule has 1 aliphatic carbocycles. The Morgan fingerprint density at radius 1 is 1.53 bits per heavy atom. The Labute approximate surface area is 103 Å². The molecule has 6 heteroatoms. The standard InChI is InChI=1S/C11H16N2O3S/c1-2-17-8-5-3-4-7(8)13-10(15)6-9(14)12-11(13)16/h6-8,15H,2-5H2,1H3,(H,12,14,16). The van der Waals surface area contributed by atoms with Gasteiger partial charge in [0.1, 0.15) is 0 Å². The summed E-state index contributed by atoms with van der Waals surface area (Å²) in [5.41, 5.74) is -1.06. The van der Waals surface area contributed by atoms with E-state index in [-0.39, 0.29) is 11.9 Å². The molecule has 5 nitrogen and oxygen atoms in total. The summed E-state index contributed by atoms with van der Waals surface area (Å²) in [6.07, 6.45) is 2.97. The van der Waals surface area contributed by atoms with Crippen LogP contribution in [0.5, 0.6) is 5.88 Å². The van der Waals surface area contributed by atoms with Crippen molar-refractivity contribution in [3.05, 3.63) is 26.9 Å². The average molecular weight is 256 g/mol. The molecular weight excluding hydrogens is 240 g/mol. The summed E-state index contributed by atoms with van der Waals surface area (Å²) in [5.74, 6) is 0.757. The number of hydrogen-bond acceptors (Lipinski definition) is 4. The highest BCUT2D eigenvalue weighted by molar-refractivity contribution is 7.99. The van der Waals surface area contributed by atoms with Gasteiger partial charge in [-0.2, -0.15) is 11.8 Å². The van der Waals surface area contributed by atoms with Crippen LogP contribution in [0.4, 0.5) is 0 Å². The molecule has 0 bridgehead atoms. The summed E-state index contributed by atoms with van der Waals surface area (Å²) in [5, 5.41) is 10.1. The van der Waals surface area contributed by atoms with Crippen molar-refractivity contribution in [2.75, 3.05) is 5.75 Å². The third-order valence-corrected chi connectivity index (χ3v) is 4.40. The third-order valence-electron chi connectivity index (χ3n) is 3.09. The minimum atomic E-state index is -0.554. The molecule has 2 atom stereocenters. The first-order valence-corrected chi connectivity index (χ1v) is 6.84. The van der Waals surface area contributed by atoms with Gasteiger partial charge in [0.2, 0.25) is 5.88 Å². The molecule has 2 unspecified atom stereocenters. The second kappa shape index (κ2) is 5.00. The lowest BCUT2D eigenvalue weighted by Crippen LogP contribution is -2.34. The Bertz CT molecular complexity index is 508. The van der Waals surface area contributed by atoms with E-state index in [0.717, 1.165) is 31.1 Å². The van der Waals surface area contributed by atoms with Gasteiger partial charge < -0.3 is 5.11 Å². The molecule has 0 aliphatic heterocycles. The number of aromatic nitrogens is 2. The SMILES string of the molecule is CCSC1CCCC1n1c(O)cc(=O)[nH]c1=O. The lowest BCUT2D eigenvalue weighted by Gasteiger charge is -2.21. The average Bonchev–Trinajstić information content (AvgIpc) is 2.65. The van der Waals surface area contributed by atoms with E-state index < -0.39 is 11.2 Å². The van der Waals surface area contributed by atoms with E-state index in [1.165, 1.54) is 4.57 Å². The Morgan fingerprint density at radius 3 is 2.94 bits per heavy atom. The van der Waals surface area contributed by atoms with Crippen LogP contribution in [0.25, 0.3) is 0 Å². The summed E-state index contributed by atoms with van der Waals surface area (Å²) < 4.78 is 1.32. The molecule has 2 N–H and O–H groups in total. The zero-order valence-electron chi connectivity index (χ0n) is 9.68. The van der Waals surface area contributed by atoms with Gasteiger partial charge in [0.05, 0.1) is 12.1 Å². The first-order valence-electron chi connectivity index (χ1n) is 5.80.